The van der Waals surface area contributed by atoms with Crippen molar-refractivity contribution in [3.05, 3.63) is 0 Å². The minimum atomic E-state index is 0.805. The molecule has 0 amide bonds. The zero-order valence-corrected chi connectivity index (χ0v) is 10.4. The molecular weight excluding hydrogens is 198 g/mol. The molecule has 0 bridgehead atoms. The van der Waals surface area contributed by atoms with Crippen LogP contribution in [0.3, 0.4) is 0 Å². The number of rotatable bonds is 2. The lowest BCUT2D eigenvalue weighted by Gasteiger charge is -2.35. The molecule has 3 unspecified atom stereocenters. The lowest BCUT2D eigenvalue weighted by molar-refractivity contribution is 0.104. The van der Waals surface area contributed by atoms with Crippen molar-refractivity contribution in [2.24, 2.45) is 11.8 Å². The van der Waals surface area contributed by atoms with Crippen LogP contribution in [-0.4, -0.2) is 36.7 Å². The number of hydrogen-bond donors (Lipinski definition) is 2. The predicted octanol–water partition coefficient (Wildman–Crippen LogP) is 1.36. The molecule has 16 heavy (non-hydrogen) atoms. The van der Waals surface area contributed by atoms with E-state index in [1.165, 1.54) is 51.7 Å². The summed E-state index contributed by atoms with van der Waals surface area (Å²) in [5, 5.41) is 6.05. The van der Waals surface area contributed by atoms with Gasteiger partial charge in [0.2, 0.25) is 0 Å². The van der Waals surface area contributed by atoms with Gasteiger partial charge in [0.15, 0.2) is 0 Å². The Hall–Kier alpha value is -0.120. The Morgan fingerprint density at radius 2 is 1.94 bits per heavy atom. The summed E-state index contributed by atoms with van der Waals surface area (Å²) in [6, 6.07) is 1.64. The van der Waals surface area contributed by atoms with Crippen LogP contribution in [0.15, 0.2) is 0 Å². The number of nitrogens with one attached hydrogen (secondary N) is 2. The third-order valence-corrected chi connectivity index (χ3v) is 4.91. The standard InChI is InChI=1S/C13H25N3/c1-2-16-13(10-6-8-14-9-7-10)11-4-3-5-12(11)15-16/h10-15H,2-9H2,1H3. The Morgan fingerprint density at radius 1 is 1.12 bits per heavy atom. The van der Waals surface area contributed by atoms with Gasteiger partial charge in [0.1, 0.15) is 0 Å². The van der Waals surface area contributed by atoms with Crippen LogP contribution in [0.5, 0.6) is 0 Å². The first-order valence-electron chi connectivity index (χ1n) is 7.13. The molecule has 0 spiro atoms. The highest BCUT2D eigenvalue weighted by Crippen LogP contribution is 2.40. The average Bonchev–Trinajstić information content (AvgIpc) is 2.89. The third kappa shape index (κ3) is 1.79. The first-order valence-corrected chi connectivity index (χ1v) is 7.13. The number of fused-ring (bicyclic) bond motifs is 1. The third-order valence-electron chi connectivity index (χ3n) is 4.91. The largest absolute Gasteiger partial charge is 0.317 e. The predicted molar refractivity (Wildman–Crippen MR) is 66.0 cm³/mol. The van der Waals surface area contributed by atoms with Crippen molar-refractivity contribution < 1.29 is 0 Å². The van der Waals surface area contributed by atoms with E-state index < -0.39 is 0 Å². The van der Waals surface area contributed by atoms with Gasteiger partial charge in [-0.3, -0.25) is 5.43 Å². The van der Waals surface area contributed by atoms with Crippen molar-refractivity contribution >= 4 is 0 Å². The molecular formula is C13H25N3. The zero-order valence-electron chi connectivity index (χ0n) is 10.4. The van der Waals surface area contributed by atoms with Crippen LogP contribution in [0.2, 0.25) is 0 Å². The molecule has 3 atom stereocenters. The maximum Gasteiger partial charge on any atom is 0.0316 e. The van der Waals surface area contributed by atoms with E-state index in [9.17, 15) is 0 Å². The molecule has 1 saturated carbocycles. The van der Waals surface area contributed by atoms with Crippen molar-refractivity contribution in [1.82, 2.24) is 15.8 Å². The highest BCUT2D eigenvalue weighted by Gasteiger charge is 2.46. The summed E-state index contributed by atoms with van der Waals surface area (Å²) in [5.41, 5.74) is 3.76. The van der Waals surface area contributed by atoms with Crippen LogP contribution in [0, 0.1) is 11.8 Å². The Kier molecular flexibility index (Phi) is 3.18. The van der Waals surface area contributed by atoms with E-state index in [1.807, 2.05) is 0 Å². The lowest BCUT2D eigenvalue weighted by atomic mass is 9.81. The first kappa shape index (κ1) is 11.0. The zero-order chi connectivity index (χ0) is 11.0. The van der Waals surface area contributed by atoms with Gasteiger partial charge in [0, 0.05) is 18.6 Å². The normalized spacial score (nSPS) is 41.4. The van der Waals surface area contributed by atoms with Gasteiger partial charge in [-0.15, -0.1) is 0 Å². The van der Waals surface area contributed by atoms with Crippen molar-refractivity contribution in [2.45, 2.75) is 51.1 Å². The average molecular weight is 223 g/mol. The molecule has 3 fully saturated rings. The number of nitrogens with zero attached hydrogens (tertiary/aromatic N) is 1. The summed E-state index contributed by atoms with van der Waals surface area (Å²) in [4.78, 5) is 0. The summed E-state index contributed by atoms with van der Waals surface area (Å²) in [7, 11) is 0. The molecule has 3 rings (SSSR count). The molecule has 0 aromatic rings. The van der Waals surface area contributed by atoms with Crippen molar-refractivity contribution in [2.75, 3.05) is 19.6 Å². The highest BCUT2D eigenvalue weighted by molar-refractivity contribution is 4.99. The quantitative estimate of drug-likeness (QED) is 0.740. The maximum atomic E-state index is 3.76. The summed E-state index contributed by atoms with van der Waals surface area (Å²) < 4.78 is 0. The van der Waals surface area contributed by atoms with E-state index in [2.05, 4.69) is 22.7 Å². The van der Waals surface area contributed by atoms with Crippen molar-refractivity contribution in [1.29, 1.82) is 0 Å². The van der Waals surface area contributed by atoms with Crippen molar-refractivity contribution in [3.8, 4) is 0 Å². The van der Waals surface area contributed by atoms with E-state index in [-0.39, 0.29) is 0 Å². The maximum absolute atomic E-state index is 3.76. The van der Waals surface area contributed by atoms with Crippen LogP contribution >= 0.6 is 0 Å². The summed E-state index contributed by atoms with van der Waals surface area (Å²) >= 11 is 0. The van der Waals surface area contributed by atoms with Gasteiger partial charge in [-0.25, -0.2) is 5.01 Å². The number of hydrogen-bond acceptors (Lipinski definition) is 3. The Balaban J connectivity index is 1.73. The summed E-state index contributed by atoms with van der Waals surface area (Å²) in [6.45, 7) is 5.93. The minimum Gasteiger partial charge on any atom is -0.317 e. The molecule has 0 radical (unpaired) electrons. The fourth-order valence-corrected chi connectivity index (χ4v) is 4.18. The molecule has 2 saturated heterocycles. The lowest BCUT2D eigenvalue weighted by Crippen LogP contribution is -2.46. The molecule has 0 aromatic heterocycles. The van der Waals surface area contributed by atoms with Gasteiger partial charge in [0.25, 0.3) is 0 Å². The van der Waals surface area contributed by atoms with Gasteiger partial charge in [0.05, 0.1) is 0 Å². The Morgan fingerprint density at radius 3 is 2.69 bits per heavy atom. The summed E-state index contributed by atoms with van der Waals surface area (Å²) in [5.74, 6) is 1.88. The summed E-state index contributed by atoms with van der Waals surface area (Å²) in [6.07, 6.45) is 7.07. The Bertz CT molecular complexity index is 237. The van der Waals surface area contributed by atoms with E-state index >= 15 is 0 Å². The van der Waals surface area contributed by atoms with Gasteiger partial charge < -0.3 is 5.32 Å². The molecule has 3 heteroatoms. The Labute approximate surface area is 98.9 Å². The monoisotopic (exact) mass is 223 g/mol. The molecule has 3 nitrogen and oxygen atoms in total. The minimum absolute atomic E-state index is 0.805. The van der Waals surface area contributed by atoms with Gasteiger partial charge >= 0.3 is 0 Å². The molecule has 3 aliphatic rings. The van der Waals surface area contributed by atoms with E-state index in [0.717, 1.165) is 23.9 Å². The SMILES string of the molecule is CCN1NC2CCCC2C1C1CCNCC1. The molecule has 2 heterocycles. The van der Waals surface area contributed by atoms with Crippen LogP contribution in [0.4, 0.5) is 0 Å². The second kappa shape index (κ2) is 4.63. The smallest absolute Gasteiger partial charge is 0.0316 e. The molecule has 2 N–H and O–H groups in total. The topological polar surface area (TPSA) is 27.3 Å². The number of hydrazine groups is 1. The fraction of sp³-hybridized carbons (Fsp3) is 1.00. The molecule has 0 aromatic carbocycles. The highest BCUT2D eigenvalue weighted by atomic mass is 15.6. The first-order chi connectivity index (χ1) is 7.90. The van der Waals surface area contributed by atoms with Crippen LogP contribution in [0.1, 0.15) is 39.0 Å². The number of piperidine rings is 1. The second-order valence-corrected chi connectivity index (χ2v) is 5.69. The second-order valence-electron chi connectivity index (χ2n) is 5.69. The van der Waals surface area contributed by atoms with Crippen LogP contribution in [0.25, 0.3) is 0 Å². The van der Waals surface area contributed by atoms with E-state index in [0.29, 0.717) is 0 Å². The van der Waals surface area contributed by atoms with Gasteiger partial charge in [-0.1, -0.05) is 13.3 Å². The van der Waals surface area contributed by atoms with Crippen LogP contribution < -0.4 is 10.7 Å². The molecule has 2 aliphatic heterocycles. The van der Waals surface area contributed by atoms with Crippen molar-refractivity contribution in [3.63, 3.8) is 0 Å². The molecule has 1 aliphatic carbocycles. The van der Waals surface area contributed by atoms with Gasteiger partial charge in [-0.2, -0.15) is 0 Å². The van der Waals surface area contributed by atoms with Crippen LogP contribution in [-0.2, 0) is 0 Å². The van der Waals surface area contributed by atoms with E-state index in [4.69, 9.17) is 0 Å². The van der Waals surface area contributed by atoms with Gasteiger partial charge in [-0.05, 0) is 50.6 Å². The van der Waals surface area contributed by atoms with E-state index in [1.54, 1.807) is 0 Å². The fourth-order valence-electron chi connectivity index (χ4n) is 4.18. The molecule has 92 valence electrons.